The maximum Gasteiger partial charge on any atom is 0.508 e. The molecular formula is C104H182O44. The van der Waals surface area contributed by atoms with Crippen molar-refractivity contribution in [1.29, 1.82) is 0 Å². The minimum absolute atomic E-state index is 0.0697. The highest BCUT2D eigenvalue weighted by Gasteiger charge is 2.21. The Morgan fingerprint density at radius 1 is 0.115 bits per heavy atom. The SMILES string of the molecule is CC(CCO)CCOC(=O)OCCCCCCOC(=O)OCCC(C)CCOC(=O)OCCC(C)CCOC(=O)OCCCCCCOC(=O)OCCC(C)CCOC(=O)OCCCCCCOC(=O)OCCC(C)CCOC(=O)OCCC(C)CCOC(=O)OCCCCCCOC(=O)OCCC(C)CCOC(=O)OCCC(C)CCOC(=O)OCCCCCCOC(=O)OCCC(C)CCOC(=O)OCCCCCCO. The van der Waals surface area contributed by atoms with Gasteiger partial charge in [-0.2, -0.15) is 0 Å². The molecule has 0 heterocycles. The maximum atomic E-state index is 12.2. The predicted molar refractivity (Wildman–Crippen MR) is 533 cm³/mol. The average Bonchev–Trinajstić information content (AvgIpc) is 0.996. The van der Waals surface area contributed by atoms with Gasteiger partial charge in [0, 0.05) is 13.2 Å². The van der Waals surface area contributed by atoms with Crippen LogP contribution in [0.2, 0.25) is 0 Å². The highest BCUT2D eigenvalue weighted by Crippen LogP contribution is 2.20. The Bertz CT molecular complexity index is 3320. The normalized spacial score (nSPS) is 12.8. The van der Waals surface area contributed by atoms with Crippen LogP contribution >= 0.6 is 0 Å². The zero-order valence-corrected chi connectivity index (χ0v) is 90.1. The van der Waals surface area contributed by atoms with Gasteiger partial charge in [-0.15, -0.1) is 0 Å². The summed E-state index contributed by atoms with van der Waals surface area (Å²) in [6.45, 7) is 22.4. The number of aliphatic hydroxyl groups is 2. The zero-order valence-electron chi connectivity index (χ0n) is 90.1. The second kappa shape index (κ2) is 99.9. The molecule has 0 spiro atoms. The van der Waals surface area contributed by atoms with Crippen LogP contribution in [0.15, 0.2) is 0 Å². The molecule has 9 atom stereocenters. The first kappa shape index (κ1) is 138. The van der Waals surface area contributed by atoms with Crippen molar-refractivity contribution in [2.75, 3.05) is 198 Å². The topological polar surface area (TPSA) is 538 Å². The molecule has 0 amide bonds. The van der Waals surface area contributed by atoms with Crippen LogP contribution in [0.1, 0.15) is 332 Å². The summed E-state index contributed by atoms with van der Waals surface area (Å²) in [7, 11) is 0. The minimum Gasteiger partial charge on any atom is -0.434 e. The van der Waals surface area contributed by atoms with E-state index in [4.69, 9.17) is 143 Å². The summed E-state index contributed by atoms with van der Waals surface area (Å²) < 4.78 is 144. The Morgan fingerprint density at radius 3 is 0.284 bits per heavy atom. The Labute approximate surface area is 875 Å². The summed E-state index contributed by atoms with van der Waals surface area (Å²) in [4.78, 5) is 168. The van der Waals surface area contributed by atoms with Gasteiger partial charge in [0.2, 0.25) is 0 Å². The van der Waals surface area contributed by atoms with Crippen molar-refractivity contribution in [3.8, 4) is 0 Å². The highest BCUT2D eigenvalue weighted by atomic mass is 16.8. The number of rotatable bonds is 94. The fraction of sp³-hybridized carbons (Fsp3) is 0.865. The molecule has 862 valence electrons. The van der Waals surface area contributed by atoms with Crippen molar-refractivity contribution in [1.82, 2.24) is 0 Å². The Hall–Kier alpha value is -10.3. The van der Waals surface area contributed by atoms with Gasteiger partial charge in [-0.3, -0.25) is 0 Å². The monoisotopic (exact) mass is 2140 g/mol. The van der Waals surface area contributed by atoms with E-state index in [-0.39, 0.29) is 251 Å². The van der Waals surface area contributed by atoms with Crippen molar-refractivity contribution in [3.63, 3.8) is 0 Å². The van der Waals surface area contributed by atoms with Crippen LogP contribution in [0.3, 0.4) is 0 Å². The van der Waals surface area contributed by atoms with Gasteiger partial charge < -0.3 is 143 Å². The van der Waals surface area contributed by atoms with E-state index in [1.54, 1.807) is 0 Å². The molecule has 148 heavy (non-hydrogen) atoms. The molecule has 0 aromatic heterocycles. The van der Waals surface area contributed by atoms with Crippen LogP contribution in [-0.2, 0) is 133 Å². The number of hydrogen-bond donors (Lipinski definition) is 2. The highest BCUT2D eigenvalue weighted by molar-refractivity contribution is 5.64. The summed E-state index contributed by atoms with van der Waals surface area (Å²) in [5.41, 5.74) is 0. The Morgan fingerprint density at radius 2 is 0.196 bits per heavy atom. The standard InChI is InChI=1S/C104H182O44/c1-82(34-53-106)35-65-132-91(107)122-55-24-12-13-25-56-126-96(112)137-70-40-85(4)46-76-143-102(118)144-77-47-86(5)42-72-139-98(114)128-61-30-18-15-27-58-124-94(110)135-68-38-84(3)39-69-136-95(111)125-59-28-16-19-31-62-129-99(115)140-73-43-88(7)49-79-146-104(120)148-81-51-90(9)45-75-142-101(117)131-64-33-21-20-32-63-130-100(116)141-74-44-89(8)50-80-147-103(119)145-78-48-87(6)41-71-138-97(113)127-60-29-17-14-26-57-123-93(109)134-67-37-83(2)36-66-133-92(108)121-54-23-11-10-22-52-105/h82-90,105-106H,10-81H2,1-9H3. The van der Waals surface area contributed by atoms with Crippen molar-refractivity contribution >= 4 is 86.2 Å². The summed E-state index contributed by atoms with van der Waals surface area (Å²) in [6, 6.07) is 0. The van der Waals surface area contributed by atoms with E-state index in [2.05, 4.69) is 0 Å². The molecule has 0 aromatic carbocycles. The Balaban J connectivity index is 3.69. The third-order valence-electron chi connectivity index (χ3n) is 23.4. The second-order valence-corrected chi connectivity index (χ2v) is 37.3. The lowest BCUT2D eigenvalue weighted by Crippen LogP contribution is -2.15. The number of hydrogen-bond acceptors (Lipinski definition) is 44. The first-order valence-corrected chi connectivity index (χ1v) is 53.8. The number of ether oxygens (including phenoxy) is 28. The summed E-state index contributed by atoms with van der Waals surface area (Å²) >= 11 is 0. The van der Waals surface area contributed by atoms with Crippen LogP contribution in [-0.4, -0.2) is 295 Å². The van der Waals surface area contributed by atoms with E-state index in [1.807, 2.05) is 62.3 Å². The number of carbonyl (C=O) groups excluding carboxylic acids is 14. The van der Waals surface area contributed by atoms with E-state index in [0.717, 1.165) is 89.9 Å². The molecule has 0 aromatic rings. The molecule has 0 aliphatic rings. The molecule has 0 bridgehead atoms. The van der Waals surface area contributed by atoms with Gasteiger partial charge in [0.25, 0.3) is 0 Å². The van der Waals surface area contributed by atoms with Crippen LogP contribution < -0.4 is 0 Å². The summed E-state index contributed by atoms with van der Waals surface area (Å²) in [5.74, 6) is 0.981. The fourth-order valence-electron chi connectivity index (χ4n) is 13.0. The molecule has 2 N–H and O–H groups in total. The van der Waals surface area contributed by atoms with Crippen molar-refractivity contribution < 1.29 is 210 Å². The molecule has 0 saturated heterocycles. The van der Waals surface area contributed by atoms with Gasteiger partial charge in [0.05, 0.1) is 185 Å². The molecule has 0 aliphatic heterocycles. The van der Waals surface area contributed by atoms with Crippen LogP contribution in [0.5, 0.6) is 0 Å². The van der Waals surface area contributed by atoms with Gasteiger partial charge in [0.1, 0.15) is 0 Å². The molecule has 0 rings (SSSR count). The quantitative estimate of drug-likeness (QED) is 0.0324. The fourth-order valence-corrected chi connectivity index (χ4v) is 13.0. The number of carbonyl (C=O) groups is 14. The first-order valence-electron chi connectivity index (χ1n) is 53.8. The number of unbranched alkanes of at least 4 members (excludes halogenated alkanes) is 18. The van der Waals surface area contributed by atoms with Crippen molar-refractivity contribution in [2.45, 2.75) is 332 Å². The van der Waals surface area contributed by atoms with Crippen LogP contribution in [0.25, 0.3) is 0 Å². The minimum atomic E-state index is -0.796. The van der Waals surface area contributed by atoms with Crippen LogP contribution in [0, 0.1) is 53.3 Å². The van der Waals surface area contributed by atoms with E-state index in [9.17, 15) is 67.1 Å². The molecule has 0 saturated carbocycles. The van der Waals surface area contributed by atoms with E-state index >= 15 is 0 Å². The van der Waals surface area contributed by atoms with E-state index in [1.165, 1.54) is 0 Å². The lowest BCUT2D eigenvalue weighted by molar-refractivity contribution is 0.0380. The van der Waals surface area contributed by atoms with Crippen LogP contribution in [0.4, 0.5) is 67.1 Å². The molecule has 9 unspecified atom stereocenters. The van der Waals surface area contributed by atoms with Gasteiger partial charge >= 0.3 is 86.2 Å². The third kappa shape index (κ3) is 99.0. The smallest absolute Gasteiger partial charge is 0.434 e. The lowest BCUT2D eigenvalue weighted by Gasteiger charge is -2.13. The van der Waals surface area contributed by atoms with E-state index < -0.39 is 86.2 Å². The third-order valence-corrected chi connectivity index (χ3v) is 23.4. The maximum absolute atomic E-state index is 12.2. The van der Waals surface area contributed by atoms with Gasteiger partial charge in [0.15, 0.2) is 0 Å². The van der Waals surface area contributed by atoms with Gasteiger partial charge in [-0.25, -0.2) is 67.1 Å². The average molecular weight is 2140 g/mol. The van der Waals surface area contributed by atoms with Gasteiger partial charge in [-0.05, 0) is 317 Å². The summed E-state index contributed by atoms with van der Waals surface area (Å²) in [6.07, 6.45) is 16.0. The van der Waals surface area contributed by atoms with Gasteiger partial charge in [-0.1, -0.05) is 68.7 Å². The Kier molecular flexibility index (Phi) is 93.0. The first-order chi connectivity index (χ1) is 71.5. The summed E-state index contributed by atoms with van der Waals surface area (Å²) in [5, 5.41) is 17.7. The molecule has 0 aliphatic carbocycles. The molecule has 0 fully saturated rings. The second-order valence-electron chi connectivity index (χ2n) is 37.3. The predicted octanol–water partition coefficient (Wildman–Crippen LogP) is 23.2. The molecule has 0 radical (unpaired) electrons. The molecule has 44 heteroatoms. The molecular weight excluding hydrogens is 1950 g/mol. The lowest BCUT2D eigenvalue weighted by atomic mass is 10.1. The van der Waals surface area contributed by atoms with Crippen molar-refractivity contribution in [2.24, 2.45) is 53.3 Å². The van der Waals surface area contributed by atoms with E-state index in [0.29, 0.717) is 180 Å². The number of aliphatic hydroxyl groups excluding tert-OH is 2. The molecule has 44 nitrogen and oxygen atoms in total. The van der Waals surface area contributed by atoms with Crippen molar-refractivity contribution in [3.05, 3.63) is 0 Å². The zero-order chi connectivity index (χ0) is 109. The largest absolute Gasteiger partial charge is 0.508 e.